The summed E-state index contributed by atoms with van der Waals surface area (Å²) in [6.07, 6.45) is 0. The second-order valence-corrected chi connectivity index (χ2v) is 6.26. The van der Waals surface area contributed by atoms with E-state index in [2.05, 4.69) is 39.0 Å². The van der Waals surface area contributed by atoms with E-state index in [9.17, 15) is 0 Å². The van der Waals surface area contributed by atoms with E-state index in [0.717, 1.165) is 16.1 Å². The first-order valence-corrected chi connectivity index (χ1v) is 6.70. The van der Waals surface area contributed by atoms with Gasteiger partial charge in [0, 0.05) is 15.6 Å². The van der Waals surface area contributed by atoms with Crippen LogP contribution in [0, 0.1) is 0 Å². The molecule has 0 amide bonds. The van der Waals surface area contributed by atoms with Crippen molar-refractivity contribution in [1.82, 2.24) is 0 Å². The van der Waals surface area contributed by atoms with E-state index in [-0.39, 0.29) is 5.41 Å². The van der Waals surface area contributed by atoms with Gasteiger partial charge < -0.3 is 0 Å². The minimum Gasteiger partial charge on any atom is -0.0843 e. The molecule has 0 unspecified atom stereocenters. The standard InChI is InChI=1S/C16H16Cl2/c1-16(2,3)14-7-5-4-6-12(14)13-10-11(17)8-9-15(13)18/h4-10H,1-3H3. The molecule has 0 spiro atoms. The predicted octanol–water partition coefficient (Wildman–Crippen LogP) is 5.96. The van der Waals surface area contributed by atoms with Crippen molar-refractivity contribution in [2.24, 2.45) is 0 Å². The lowest BCUT2D eigenvalue weighted by Crippen LogP contribution is -2.12. The Labute approximate surface area is 119 Å². The smallest absolute Gasteiger partial charge is 0.0485 e. The SMILES string of the molecule is CC(C)(C)c1ccccc1-c1cc(Cl)ccc1Cl. The van der Waals surface area contributed by atoms with Gasteiger partial charge in [-0.3, -0.25) is 0 Å². The molecule has 0 saturated carbocycles. The molecule has 0 saturated heterocycles. The summed E-state index contributed by atoms with van der Waals surface area (Å²) in [4.78, 5) is 0. The number of hydrogen-bond donors (Lipinski definition) is 0. The normalized spacial score (nSPS) is 11.6. The average molecular weight is 279 g/mol. The third-order valence-electron chi connectivity index (χ3n) is 2.95. The summed E-state index contributed by atoms with van der Waals surface area (Å²) >= 11 is 12.4. The summed E-state index contributed by atoms with van der Waals surface area (Å²) in [5.41, 5.74) is 3.49. The summed E-state index contributed by atoms with van der Waals surface area (Å²) in [6, 6.07) is 13.9. The highest BCUT2D eigenvalue weighted by Gasteiger charge is 2.19. The topological polar surface area (TPSA) is 0 Å². The summed E-state index contributed by atoms with van der Waals surface area (Å²) in [6.45, 7) is 6.60. The molecule has 0 N–H and O–H groups in total. The van der Waals surface area contributed by atoms with Crippen molar-refractivity contribution in [1.29, 1.82) is 0 Å². The van der Waals surface area contributed by atoms with E-state index in [0.29, 0.717) is 5.02 Å². The lowest BCUT2D eigenvalue weighted by atomic mass is 9.82. The second kappa shape index (κ2) is 4.95. The predicted molar refractivity (Wildman–Crippen MR) is 80.6 cm³/mol. The summed E-state index contributed by atoms with van der Waals surface area (Å²) < 4.78 is 0. The molecule has 0 bridgehead atoms. The van der Waals surface area contributed by atoms with Crippen LogP contribution in [0.5, 0.6) is 0 Å². The Balaban J connectivity index is 2.68. The summed E-state index contributed by atoms with van der Waals surface area (Å²) in [5.74, 6) is 0. The van der Waals surface area contributed by atoms with Gasteiger partial charge in [-0.2, -0.15) is 0 Å². The van der Waals surface area contributed by atoms with Crippen molar-refractivity contribution in [3.8, 4) is 11.1 Å². The zero-order valence-electron chi connectivity index (χ0n) is 10.8. The number of rotatable bonds is 1. The monoisotopic (exact) mass is 278 g/mol. The fourth-order valence-electron chi connectivity index (χ4n) is 2.08. The van der Waals surface area contributed by atoms with Gasteiger partial charge in [-0.05, 0) is 34.7 Å². The number of halogens is 2. The molecule has 18 heavy (non-hydrogen) atoms. The number of hydrogen-bond acceptors (Lipinski definition) is 0. The van der Waals surface area contributed by atoms with Crippen molar-refractivity contribution in [3.63, 3.8) is 0 Å². The van der Waals surface area contributed by atoms with E-state index in [1.807, 2.05) is 24.3 Å². The molecule has 0 aliphatic heterocycles. The average Bonchev–Trinajstić information content (AvgIpc) is 2.31. The highest BCUT2D eigenvalue weighted by atomic mass is 35.5. The van der Waals surface area contributed by atoms with Crippen molar-refractivity contribution in [2.45, 2.75) is 26.2 Å². The van der Waals surface area contributed by atoms with Crippen molar-refractivity contribution in [3.05, 3.63) is 58.1 Å². The van der Waals surface area contributed by atoms with Crippen LogP contribution >= 0.6 is 23.2 Å². The maximum Gasteiger partial charge on any atom is 0.0485 e. The van der Waals surface area contributed by atoms with Gasteiger partial charge in [0.05, 0.1) is 0 Å². The Kier molecular flexibility index (Phi) is 3.70. The molecule has 2 aromatic carbocycles. The van der Waals surface area contributed by atoms with E-state index in [1.165, 1.54) is 5.56 Å². The highest BCUT2D eigenvalue weighted by Crippen LogP contribution is 2.37. The lowest BCUT2D eigenvalue weighted by Gasteiger charge is -2.23. The summed E-state index contributed by atoms with van der Waals surface area (Å²) in [7, 11) is 0. The molecule has 94 valence electrons. The maximum absolute atomic E-state index is 6.29. The van der Waals surface area contributed by atoms with E-state index < -0.39 is 0 Å². The molecule has 0 fully saturated rings. The first-order valence-electron chi connectivity index (χ1n) is 5.94. The molecule has 0 atom stereocenters. The molecule has 2 rings (SSSR count). The lowest BCUT2D eigenvalue weighted by molar-refractivity contribution is 0.592. The molecular formula is C16H16Cl2. The van der Waals surface area contributed by atoms with Gasteiger partial charge in [-0.15, -0.1) is 0 Å². The summed E-state index contributed by atoms with van der Waals surface area (Å²) in [5, 5.41) is 1.44. The van der Waals surface area contributed by atoms with Crippen LogP contribution in [0.25, 0.3) is 11.1 Å². The Morgan fingerprint density at radius 2 is 1.50 bits per heavy atom. The Morgan fingerprint density at radius 3 is 2.17 bits per heavy atom. The Bertz CT molecular complexity index is 566. The zero-order chi connectivity index (χ0) is 13.3. The van der Waals surface area contributed by atoms with Crippen LogP contribution < -0.4 is 0 Å². The van der Waals surface area contributed by atoms with Crippen molar-refractivity contribution >= 4 is 23.2 Å². The highest BCUT2D eigenvalue weighted by molar-refractivity contribution is 6.35. The van der Waals surface area contributed by atoms with Crippen LogP contribution in [0.2, 0.25) is 10.0 Å². The molecule has 0 radical (unpaired) electrons. The van der Waals surface area contributed by atoms with Gasteiger partial charge in [0.1, 0.15) is 0 Å². The molecule has 0 aliphatic carbocycles. The van der Waals surface area contributed by atoms with Gasteiger partial charge in [-0.25, -0.2) is 0 Å². The van der Waals surface area contributed by atoms with E-state index >= 15 is 0 Å². The molecule has 0 aromatic heterocycles. The molecule has 2 heteroatoms. The van der Waals surface area contributed by atoms with E-state index in [4.69, 9.17) is 23.2 Å². The van der Waals surface area contributed by atoms with Gasteiger partial charge in [0.25, 0.3) is 0 Å². The van der Waals surface area contributed by atoms with E-state index in [1.54, 1.807) is 0 Å². The van der Waals surface area contributed by atoms with Crippen LogP contribution in [0.3, 0.4) is 0 Å². The molecule has 0 heterocycles. The third-order valence-corrected chi connectivity index (χ3v) is 3.52. The van der Waals surface area contributed by atoms with Crippen molar-refractivity contribution < 1.29 is 0 Å². The van der Waals surface area contributed by atoms with Crippen LogP contribution in [-0.4, -0.2) is 0 Å². The van der Waals surface area contributed by atoms with Crippen LogP contribution in [-0.2, 0) is 5.41 Å². The molecule has 0 aliphatic rings. The minimum absolute atomic E-state index is 0.0717. The largest absolute Gasteiger partial charge is 0.0843 e. The molecule has 2 aromatic rings. The van der Waals surface area contributed by atoms with Gasteiger partial charge in [-0.1, -0.05) is 68.2 Å². The fraction of sp³-hybridized carbons (Fsp3) is 0.250. The van der Waals surface area contributed by atoms with Crippen LogP contribution in [0.4, 0.5) is 0 Å². The quantitative estimate of drug-likeness (QED) is 0.604. The maximum atomic E-state index is 6.29. The first-order chi connectivity index (χ1) is 8.39. The molecular weight excluding hydrogens is 263 g/mol. The van der Waals surface area contributed by atoms with Gasteiger partial charge in [0.2, 0.25) is 0 Å². The number of benzene rings is 2. The third kappa shape index (κ3) is 2.71. The Hall–Kier alpha value is -0.980. The van der Waals surface area contributed by atoms with Gasteiger partial charge >= 0.3 is 0 Å². The second-order valence-electron chi connectivity index (χ2n) is 5.42. The van der Waals surface area contributed by atoms with Crippen LogP contribution in [0.1, 0.15) is 26.3 Å². The fourth-order valence-corrected chi connectivity index (χ4v) is 2.47. The zero-order valence-corrected chi connectivity index (χ0v) is 12.3. The first kappa shape index (κ1) is 13.5. The van der Waals surface area contributed by atoms with Crippen LogP contribution in [0.15, 0.2) is 42.5 Å². The minimum atomic E-state index is 0.0717. The van der Waals surface area contributed by atoms with Crippen molar-refractivity contribution in [2.75, 3.05) is 0 Å². The van der Waals surface area contributed by atoms with Gasteiger partial charge in [0.15, 0.2) is 0 Å². The Morgan fingerprint density at radius 1 is 0.833 bits per heavy atom. The molecule has 0 nitrogen and oxygen atoms in total.